The van der Waals surface area contributed by atoms with Gasteiger partial charge >= 0.3 is 5.97 Å². The highest BCUT2D eigenvalue weighted by atomic mass is 79.9. The normalized spacial score (nSPS) is 10.8. The van der Waals surface area contributed by atoms with Gasteiger partial charge in [0, 0.05) is 12.1 Å². The molecule has 0 saturated heterocycles. The van der Waals surface area contributed by atoms with Gasteiger partial charge in [0.15, 0.2) is 0 Å². The van der Waals surface area contributed by atoms with Crippen molar-refractivity contribution >= 4 is 39.6 Å². The second kappa shape index (κ2) is 6.74. The van der Waals surface area contributed by atoms with Gasteiger partial charge in [0.1, 0.15) is 17.3 Å². The van der Waals surface area contributed by atoms with E-state index < -0.39 is 11.8 Å². The maximum absolute atomic E-state index is 13.4. The van der Waals surface area contributed by atoms with Crippen molar-refractivity contribution in [1.82, 2.24) is 0 Å². The maximum Gasteiger partial charge on any atom is 0.328 e. The first-order valence-corrected chi connectivity index (χ1v) is 6.96. The molecule has 0 saturated carbocycles. The van der Waals surface area contributed by atoms with Crippen molar-refractivity contribution < 1.29 is 19.0 Å². The average Bonchev–Trinajstić information content (AvgIpc) is 2.42. The first-order valence-electron chi connectivity index (χ1n) is 5.79. The van der Waals surface area contributed by atoms with Gasteiger partial charge in [0.2, 0.25) is 0 Å². The van der Waals surface area contributed by atoms with E-state index in [9.17, 15) is 9.18 Å². The number of carbonyl (C=O) groups is 1. The fraction of sp³-hybridized carbons (Fsp3) is 0. The van der Waals surface area contributed by atoms with Gasteiger partial charge in [0.25, 0.3) is 0 Å². The van der Waals surface area contributed by atoms with E-state index in [1.807, 2.05) is 0 Å². The molecule has 0 radical (unpaired) electrons. The lowest BCUT2D eigenvalue weighted by molar-refractivity contribution is -0.131. The van der Waals surface area contributed by atoms with Crippen LogP contribution in [0.3, 0.4) is 0 Å². The Morgan fingerprint density at radius 1 is 1.24 bits per heavy atom. The molecule has 0 amide bonds. The maximum atomic E-state index is 13.4. The van der Waals surface area contributed by atoms with E-state index in [4.69, 9.17) is 21.4 Å². The molecule has 0 aliphatic carbocycles. The second-order valence-corrected chi connectivity index (χ2v) is 5.29. The Kier molecular flexibility index (Phi) is 4.98. The molecular weight excluding hydrogens is 363 g/mol. The highest BCUT2D eigenvalue weighted by Gasteiger charge is 2.05. The van der Waals surface area contributed by atoms with Crippen LogP contribution >= 0.6 is 27.5 Å². The van der Waals surface area contributed by atoms with Gasteiger partial charge in [-0.15, -0.1) is 0 Å². The van der Waals surface area contributed by atoms with E-state index in [0.29, 0.717) is 26.6 Å². The lowest BCUT2D eigenvalue weighted by atomic mass is 10.2. The Labute approximate surface area is 133 Å². The molecule has 0 heterocycles. The predicted octanol–water partition coefficient (Wildman–Crippen LogP) is 5.13. The predicted molar refractivity (Wildman–Crippen MR) is 82.3 cm³/mol. The third kappa shape index (κ3) is 4.31. The summed E-state index contributed by atoms with van der Waals surface area (Å²) in [6.07, 6.45) is 2.37. The highest BCUT2D eigenvalue weighted by Crippen LogP contribution is 2.29. The first-order chi connectivity index (χ1) is 9.95. The fourth-order valence-corrected chi connectivity index (χ4v) is 2.02. The Hall–Kier alpha value is -1.85. The molecule has 0 fully saturated rings. The SMILES string of the molecule is O=C(O)/C=C/c1ccc(Oc2ccc(Br)c(F)c2)cc1Cl. The largest absolute Gasteiger partial charge is 0.478 e. The monoisotopic (exact) mass is 370 g/mol. The summed E-state index contributed by atoms with van der Waals surface area (Å²) < 4.78 is 19.2. The van der Waals surface area contributed by atoms with Crippen LogP contribution in [0.25, 0.3) is 6.08 Å². The van der Waals surface area contributed by atoms with Gasteiger partial charge < -0.3 is 9.84 Å². The molecule has 0 aliphatic rings. The quantitative estimate of drug-likeness (QED) is 0.758. The van der Waals surface area contributed by atoms with E-state index in [0.717, 1.165) is 6.08 Å². The third-order valence-corrected chi connectivity index (χ3v) is 3.47. The molecular formula is C15H9BrClFO3. The molecule has 2 aromatic carbocycles. The van der Waals surface area contributed by atoms with Gasteiger partial charge in [-0.25, -0.2) is 9.18 Å². The van der Waals surface area contributed by atoms with Gasteiger partial charge in [0.05, 0.1) is 9.50 Å². The second-order valence-electron chi connectivity index (χ2n) is 4.03. The molecule has 0 aliphatic heterocycles. The van der Waals surface area contributed by atoms with Crippen molar-refractivity contribution in [3.63, 3.8) is 0 Å². The summed E-state index contributed by atoms with van der Waals surface area (Å²) in [5, 5.41) is 8.91. The number of carboxylic acids is 1. The third-order valence-electron chi connectivity index (χ3n) is 2.50. The minimum absolute atomic E-state index is 0.334. The molecule has 0 aromatic heterocycles. The first kappa shape index (κ1) is 15.5. The smallest absolute Gasteiger partial charge is 0.328 e. The Balaban J connectivity index is 2.20. The van der Waals surface area contributed by atoms with E-state index >= 15 is 0 Å². The molecule has 0 spiro atoms. The van der Waals surface area contributed by atoms with E-state index in [1.54, 1.807) is 18.2 Å². The van der Waals surface area contributed by atoms with E-state index in [2.05, 4.69) is 15.9 Å². The molecule has 6 heteroatoms. The molecule has 0 atom stereocenters. The number of halogens is 3. The lowest BCUT2D eigenvalue weighted by Crippen LogP contribution is -1.88. The van der Waals surface area contributed by atoms with Crippen LogP contribution in [0.2, 0.25) is 5.02 Å². The van der Waals surface area contributed by atoms with Gasteiger partial charge in [-0.05, 0) is 57.9 Å². The number of hydrogen-bond acceptors (Lipinski definition) is 2. The summed E-state index contributed by atoms with van der Waals surface area (Å²) in [7, 11) is 0. The Morgan fingerprint density at radius 3 is 2.52 bits per heavy atom. The highest BCUT2D eigenvalue weighted by molar-refractivity contribution is 9.10. The minimum atomic E-state index is -1.06. The van der Waals surface area contributed by atoms with Crippen molar-refractivity contribution in [2.24, 2.45) is 0 Å². The minimum Gasteiger partial charge on any atom is -0.478 e. The molecule has 21 heavy (non-hydrogen) atoms. The summed E-state index contributed by atoms with van der Waals surface area (Å²) >= 11 is 9.09. The van der Waals surface area contributed by atoms with Crippen molar-refractivity contribution in [2.75, 3.05) is 0 Å². The number of carboxylic acid groups (broad SMARTS) is 1. The van der Waals surface area contributed by atoms with Crippen LogP contribution in [0.15, 0.2) is 46.9 Å². The molecule has 0 unspecified atom stereocenters. The van der Waals surface area contributed by atoms with Crippen LogP contribution in [0.4, 0.5) is 4.39 Å². The van der Waals surface area contributed by atoms with Crippen molar-refractivity contribution in [1.29, 1.82) is 0 Å². The van der Waals surface area contributed by atoms with E-state index in [-0.39, 0.29) is 0 Å². The zero-order chi connectivity index (χ0) is 15.4. The van der Waals surface area contributed by atoms with Gasteiger partial charge in [-0.1, -0.05) is 11.6 Å². The number of ether oxygens (including phenoxy) is 1. The van der Waals surface area contributed by atoms with Gasteiger partial charge in [-0.3, -0.25) is 0 Å². The molecule has 2 rings (SSSR count). The van der Waals surface area contributed by atoms with Crippen LogP contribution in [0, 0.1) is 5.82 Å². The zero-order valence-corrected chi connectivity index (χ0v) is 12.9. The fourth-order valence-electron chi connectivity index (χ4n) is 1.54. The summed E-state index contributed by atoms with van der Waals surface area (Å²) in [6.45, 7) is 0. The zero-order valence-electron chi connectivity index (χ0n) is 10.5. The Morgan fingerprint density at radius 2 is 1.90 bits per heavy atom. The summed E-state index contributed by atoms with van der Waals surface area (Å²) in [4.78, 5) is 10.5. The number of hydrogen-bond donors (Lipinski definition) is 1. The van der Waals surface area contributed by atoms with Crippen molar-refractivity contribution in [2.45, 2.75) is 0 Å². The van der Waals surface area contributed by atoms with Crippen LogP contribution in [-0.4, -0.2) is 11.1 Å². The number of benzene rings is 2. The van der Waals surface area contributed by atoms with E-state index in [1.165, 1.54) is 24.3 Å². The van der Waals surface area contributed by atoms with Gasteiger partial charge in [-0.2, -0.15) is 0 Å². The van der Waals surface area contributed by atoms with Crippen molar-refractivity contribution in [3.8, 4) is 11.5 Å². The summed E-state index contributed by atoms with van der Waals surface area (Å²) in [6, 6.07) is 9.16. The van der Waals surface area contributed by atoms with Crippen molar-refractivity contribution in [3.05, 3.63) is 63.4 Å². The summed E-state index contributed by atoms with van der Waals surface area (Å²) in [5.74, 6) is -0.730. The standard InChI is InChI=1S/C15H9BrClFO3/c16-12-5-4-11(8-14(12)18)21-10-3-1-9(13(17)7-10)2-6-15(19)20/h1-8H,(H,19,20)/b6-2+. The van der Waals surface area contributed by atoms with Crippen LogP contribution in [-0.2, 0) is 4.79 Å². The average molecular weight is 372 g/mol. The molecule has 108 valence electrons. The topological polar surface area (TPSA) is 46.5 Å². The summed E-state index contributed by atoms with van der Waals surface area (Å²) in [5.41, 5.74) is 0.549. The van der Waals surface area contributed by atoms with Crippen LogP contribution in [0.1, 0.15) is 5.56 Å². The van der Waals surface area contributed by atoms with Crippen LogP contribution in [0.5, 0.6) is 11.5 Å². The van der Waals surface area contributed by atoms with Crippen LogP contribution < -0.4 is 4.74 Å². The molecule has 2 aromatic rings. The lowest BCUT2D eigenvalue weighted by Gasteiger charge is -2.08. The molecule has 1 N–H and O–H groups in total. The number of rotatable bonds is 4. The molecule has 0 bridgehead atoms. The Bertz CT molecular complexity index is 716. The number of aliphatic carboxylic acids is 1. The molecule has 3 nitrogen and oxygen atoms in total.